The van der Waals surface area contributed by atoms with E-state index < -0.39 is 0 Å². The van der Waals surface area contributed by atoms with E-state index in [9.17, 15) is 4.79 Å². The van der Waals surface area contributed by atoms with Crippen molar-refractivity contribution in [3.8, 4) is 16.9 Å². The Labute approximate surface area is 144 Å². The van der Waals surface area contributed by atoms with Crippen LogP contribution in [0.1, 0.15) is 5.56 Å². The van der Waals surface area contributed by atoms with Crippen LogP contribution in [0, 0.1) is 0 Å². The lowest BCUT2D eigenvalue weighted by molar-refractivity contribution is 0.415. The Hall–Kier alpha value is -2.24. The normalized spacial score (nSPS) is 14.1. The van der Waals surface area contributed by atoms with Crippen molar-refractivity contribution in [2.45, 2.75) is 11.4 Å². The van der Waals surface area contributed by atoms with Gasteiger partial charge in [0, 0.05) is 41.2 Å². The van der Waals surface area contributed by atoms with Gasteiger partial charge in [0.25, 0.3) is 5.56 Å². The van der Waals surface area contributed by atoms with Gasteiger partial charge in [-0.1, -0.05) is 18.2 Å². The first kappa shape index (κ1) is 15.3. The fourth-order valence-electron chi connectivity index (χ4n) is 3.26. The third-order valence-corrected chi connectivity index (χ3v) is 5.43. The second-order valence-electron chi connectivity index (χ2n) is 6.04. The average molecular weight is 338 g/mol. The van der Waals surface area contributed by atoms with E-state index in [1.807, 2.05) is 30.5 Å². The molecule has 0 bridgehead atoms. The van der Waals surface area contributed by atoms with E-state index in [1.54, 1.807) is 30.7 Å². The van der Waals surface area contributed by atoms with E-state index in [-0.39, 0.29) is 5.56 Å². The summed E-state index contributed by atoms with van der Waals surface area (Å²) < 4.78 is 9.51. The van der Waals surface area contributed by atoms with E-state index in [2.05, 4.69) is 23.5 Å². The van der Waals surface area contributed by atoms with Crippen LogP contribution in [-0.2, 0) is 13.6 Å². The van der Waals surface area contributed by atoms with Crippen molar-refractivity contribution in [1.82, 2.24) is 8.87 Å². The SMILES string of the molecule is COc1cc2c(cc1-c1cn(C)c(=O)c3ccccc13)SN(C)C2. The maximum Gasteiger partial charge on any atom is 0.258 e. The van der Waals surface area contributed by atoms with Crippen molar-refractivity contribution in [1.29, 1.82) is 0 Å². The zero-order chi connectivity index (χ0) is 16.8. The molecular formula is C19H18N2O2S. The van der Waals surface area contributed by atoms with Crippen LogP contribution in [0.2, 0.25) is 0 Å². The summed E-state index contributed by atoms with van der Waals surface area (Å²) in [5.74, 6) is 0.841. The molecule has 0 N–H and O–H groups in total. The number of fused-ring (bicyclic) bond motifs is 2. The summed E-state index contributed by atoms with van der Waals surface area (Å²) in [7, 11) is 5.57. The molecule has 0 saturated carbocycles. The van der Waals surface area contributed by atoms with Crippen LogP contribution in [0.4, 0.5) is 0 Å². The summed E-state index contributed by atoms with van der Waals surface area (Å²) >= 11 is 1.74. The molecular weight excluding hydrogens is 320 g/mol. The monoisotopic (exact) mass is 338 g/mol. The van der Waals surface area contributed by atoms with Crippen LogP contribution >= 0.6 is 11.9 Å². The minimum Gasteiger partial charge on any atom is -0.496 e. The van der Waals surface area contributed by atoms with E-state index in [4.69, 9.17) is 4.74 Å². The smallest absolute Gasteiger partial charge is 0.258 e. The third kappa shape index (κ3) is 2.32. The van der Waals surface area contributed by atoms with Gasteiger partial charge in [-0.05, 0) is 48.1 Å². The highest BCUT2D eigenvalue weighted by molar-refractivity contribution is 7.97. The van der Waals surface area contributed by atoms with Crippen molar-refractivity contribution < 1.29 is 4.74 Å². The zero-order valence-corrected chi connectivity index (χ0v) is 14.7. The van der Waals surface area contributed by atoms with E-state index in [0.29, 0.717) is 0 Å². The van der Waals surface area contributed by atoms with Crippen molar-refractivity contribution in [2.75, 3.05) is 14.2 Å². The van der Waals surface area contributed by atoms with Crippen LogP contribution in [0.3, 0.4) is 0 Å². The number of ether oxygens (including phenoxy) is 1. The van der Waals surface area contributed by atoms with Gasteiger partial charge in [-0.15, -0.1) is 0 Å². The quantitative estimate of drug-likeness (QED) is 0.668. The molecule has 2 heterocycles. The Balaban J connectivity index is 2.04. The molecule has 0 atom stereocenters. The molecule has 0 fully saturated rings. The second kappa shape index (κ2) is 5.69. The molecule has 0 amide bonds. The molecule has 5 heteroatoms. The van der Waals surface area contributed by atoms with Gasteiger partial charge < -0.3 is 9.30 Å². The lowest BCUT2D eigenvalue weighted by Gasteiger charge is -2.14. The Morgan fingerprint density at radius 1 is 1.08 bits per heavy atom. The van der Waals surface area contributed by atoms with Gasteiger partial charge in [0.15, 0.2) is 0 Å². The first-order chi connectivity index (χ1) is 11.6. The standard InChI is InChI=1S/C19H18N2O2S/c1-20-11-16(13-6-4-5-7-14(13)19(20)22)15-9-18-12(8-17(15)23-3)10-21(2)24-18/h4-9,11H,10H2,1-3H3. The van der Waals surface area contributed by atoms with Gasteiger partial charge in [-0.3, -0.25) is 4.79 Å². The number of methoxy groups -OCH3 is 1. The Morgan fingerprint density at radius 2 is 1.83 bits per heavy atom. The maximum absolute atomic E-state index is 12.4. The minimum absolute atomic E-state index is 0.0172. The average Bonchev–Trinajstić information content (AvgIpc) is 2.96. The molecule has 0 saturated heterocycles. The summed E-state index contributed by atoms with van der Waals surface area (Å²) in [5.41, 5.74) is 3.33. The lowest BCUT2D eigenvalue weighted by atomic mass is 9.98. The Morgan fingerprint density at radius 3 is 2.58 bits per heavy atom. The van der Waals surface area contributed by atoms with E-state index in [1.165, 1.54) is 10.5 Å². The first-order valence-electron chi connectivity index (χ1n) is 7.77. The first-order valence-corrected chi connectivity index (χ1v) is 8.54. The molecule has 122 valence electrons. The summed E-state index contributed by atoms with van der Waals surface area (Å²) in [5, 5.41) is 1.68. The molecule has 0 spiro atoms. The lowest BCUT2D eigenvalue weighted by Crippen LogP contribution is -2.16. The molecule has 1 aromatic heterocycles. The highest BCUT2D eigenvalue weighted by Crippen LogP contribution is 2.43. The van der Waals surface area contributed by atoms with Crippen LogP contribution in [0.5, 0.6) is 5.75 Å². The molecule has 3 aromatic rings. The number of aryl methyl sites for hydroxylation is 1. The van der Waals surface area contributed by atoms with Gasteiger partial charge in [0.05, 0.1) is 7.11 Å². The molecule has 2 aromatic carbocycles. The van der Waals surface area contributed by atoms with Gasteiger partial charge in [-0.25, -0.2) is 4.31 Å². The number of hydrogen-bond donors (Lipinski definition) is 0. The molecule has 1 aliphatic rings. The highest BCUT2D eigenvalue weighted by Gasteiger charge is 2.21. The van der Waals surface area contributed by atoms with Crippen LogP contribution in [-0.4, -0.2) is 23.0 Å². The predicted molar refractivity (Wildman–Crippen MR) is 98.5 cm³/mol. The molecule has 0 radical (unpaired) electrons. The molecule has 0 aliphatic carbocycles. The number of aromatic nitrogens is 1. The maximum atomic E-state index is 12.4. The van der Waals surface area contributed by atoms with Crippen molar-refractivity contribution in [2.24, 2.45) is 7.05 Å². The summed E-state index contributed by atoms with van der Waals surface area (Å²) in [6.45, 7) is 0.907. The number of rotatable bonds is 2. The Bertz CT molecular complexity index is 1010. The summed E-state index contributed by atoms with van der Waals surface area (Å²) in [6, 6.07) is 12.0. The van der Waals surface area contributed by atoms with E-state index in [0.717, 1.165) is 34.2 Å². The molecule has 0 unspecified atom stereocenters. The number of nitrogens with zero attached hydrogens (tertiary/aromatic N) is 2. The predicted octanol–water partition coefficient (Wildman–Crippen LogP) is 3.67. The van der Waals surface area contributed by atoms with Gasteiger partial charge in [-0.2, -0.15) is 0 Å². The number of benzene rings is 2. The van der Waals surface area contributed by atoms with Gasteiger partial charge in [0.2, 0.25) is 0 Å². The third-order valence-electron chi connectivity index (χ3n) is 4.41. The largest absolute Gasteiger partial charge is 0.496 e. The van der Waals surface area contributed by atoms with Crippen LogP contribution in [0.25, 0.3) is 21.9 Å². The molecule has 4 rings (SSSR count). The Kier molecular flexibility index (Phi) is 3.62. The van der Waals surface area contributed by atoms with Gasteiger partial charge >= 0.3 is 0 Å². The summed E-state index contributed by atoms with van der Waals surface area (Å²) in [4.78, 5) is 13.7. The molecule has 24 heavy (non-hydrogen) atoms. The zero-order valence-electron chi connectivity index (χ0n) is 13.9. The van der Waals surface area contributed by atoms with Crippen LogP contribution < -0.4 is 10.3 Å². The fourth-order valence-corrected chi connectivity index (χ4v) is 4.21. The molecule has 1 aliphatic heterocycles. The van der Waals surface area contributed by atoms with Crippen molar-refractivity contribution >= 4 is 22.7 Å². The highest BCUT2D eigenvalue weighted by atomic mass is 32.2. The van der Waals surface area contributed by atoms with Crippen molar-refractivity contribution in [3.05, 3.63) is 58.5 Å². The summed E-state index contributed by atoms with van der Waals surface area (Å²) in [6.07, 6.45) is 1.90. The van der Waals surface area contributed by atoms with Crippen molar-refractivity contribution in [3.63, 3.8) is 0 Å². The van der Waals surface area contributed by atoms with Gasteiger partial charge in [0.1, 0.15) is 5.75 Å². The van der Waals surface area contributed by atoms with E-state index >= 15 is 0 Å². The number of pyridine rings is 1. The molecule has 4 nitrogen and oxygen atoms in total. The topological polar surface area (TPSA) is 34.5 Å². The minimum atomic E-state index is 0.0172. The second-order valence-corrected chi connectivity index (χ2v) is 7.29. The fraction of sp³-hybridized carbons (Fsp3) is 0.211. The van der Waals surface area contributed by atoms with Crippen LogP contribution in [0.15, 0.2) is 52.3 Å². The number of hydrogen-bond acceptors (Lipinski definition) is 4.